The number of benzene rings is 1. The van der Waals surface area contributed by atoms with Crippen molar-refractivity contribution in [1.29, 1.82) is 0 Å². The molecule has 1 amide bonds. The second kappa shape index (κ2) is 9.34. The van der Waals surface area contributed by atoms with Gasteiger partial charge < -0.3 is 5.32 Å². The second-order valence-electron chi connectivity index (χ2n) is 8.50. The zero-order valence-corrected chi connectivity index (χ0v) is 19.7. The predicted molar refractivity (Wildman–Crippen MR) is 124 cm³/mol. The molecule has 0 spiro atoms. The molecule has 2 saturated heterocycles. The van der Waals surface area contributed by atoms with Gasteiger partial charge in [-0.1, -0.05) is 30.3 Å². The van der Waals surface area contributed by atoms with Gasteiger partial charge in [0, 0.05) is 18.4 Å². The molecule has 1 aromatic carbocycles. The molecule has 2 fully saturated rings. The first-order valence-electron chi connectivity index (χ1n) is 10.8. The molecule has 4 rings (SSSR count). The van der Waals surface area contributed by atoms with Crippen LogP contribution in [0.4, 0.5) is 0 Å². The SMILES string of the molecule is Cc1cccc(-n2ccnc2SCC(=O)NC2CS(=O)(=O)CC2N2CCCCC2)c1C. The summed E-state index contributed by atoms with van der Waals surface area (Å²) in [5.74, 6) is 0.222. The fourth-order valence-electron chi connectivity index (χ4n) is 4.53. The van der Waals surface area contributed by atoms with Crippen molar-refractivity contribution in [2.45, 2.75) is 50.4 Å². The molecule has 3 heterocycles. The molecule has 0 aliphatic carbocycles. The highest BCUT2D eigenvalue weighted by Crippen LogP contribution is 2.25. The van der Waals surface area contributed by atoms with Crippen LogP contribution in [0.2, 0.25) is 0 Å². The number of thioether (sulfide) groups is 1. The highest BCUT2D eigenvalue weighted by atomic mass is 32.2. The number of hydrogen-bond donors (Lipinski definition) is 1. The van der Waals surface area contributed by atoms with Crippen LogP contribution in [0.15, 0.2) is 35.7 Å². The summed E-state index contributed by atoms with van der Waals surface area (Å²) in [6, 6.07) is 5.68. The molecule has 1 aromatic heterocycles. The lowest BCUT2D eigenvalue weighted by atomic mass is 10.1. The average Bonchev–Trinajstić information content (AvgIpc) is 3.32. The lowest BCUT2D eigenvalue weighted by Gasteiger charge is -2.35. The van der Waals surface area contributed by atoms with Gasteiger partial charge in [0.15, 0.2) is 15.0 Å². The third kappa shape index (κ3) is 5.15. The van der Waals surface area contributed by atoms with Gasteiger partial charge in [-0.2, -0.15) is 0 Å². The lowest BCUT2D eigenvalue weighted by molar-refractivity contribution is -0.119. The Hall–Kier alpha value is -1.84. The second-order valence-corrected chi connectivity index (χ2v) is 11.6. The average molecular weight is 463 g/mol. The van der Waals surface area contributed by atoms with Crippen molar-refractivity contribution in [3.63, 3.8) is 0 Å². The summed E-state index contributed by atoms with van der Waals surface area (Å²) in [4.78, 5) is 19.4. The van der Waals surface area contributed by atoms with Crippen LogP contribution in [0, 0.1) is 13.8 Å². The molecule has 2 atom stereocenters. The van der Waals surface area contributed by atoms with Gasteiger partial charge >= 0.3 is 0 Å². The van der Waals surface area contributed by atoms with Crippen molar-refractivity contribution in [1.82, 2.24) is 19.8 Å². The Morgan fingerprint density at radius 2 is 1.97 bits per heavy atom. The molecule has 7 nitrogen and oxygen atoms in total. The minimum absolute atomic E-state index is 0.0295. The monoisotopic (exact) mass is 462 g/mol. The van der Waals surface area contributed by atoms with Gasteiger partial charge in [-0.05, 0) is 57.0 Å². The highest BCUT2D eigenvalue weighted by Gasteiger charge is 2.41. The van der Waals surface area contributed by atoms with E-state index in [0.29, 0.717) is 0 Å². The number of piperidine rings is 1. The number of likely N-dealkylation sites (tertiary alicyclic amines) is 1. The molecule has 2 aromatic rings. The van der Waals surface area contributed by atoms with E-state index in [-0.39, 0.29) is 35.2 Å². The van der Waals surface area contributed by atoms with Crippen LogP contribution in [-0.2, 0) is 14.6 Å². The third-order valence-corrected chi connectivity index (χ3v) is 8.99. The van der Waals surface area contributed by atoms with Gasteiger partial charge in [-0.25, -0.2) is 13.4 Å². The van der Waals surface area contributed by atoms with Gasteiger partial charge in [0.25, 0.3) is 0 Å². The molecule has 2 aliphatic heterocycles. The first kappa shape index (κ1) is 22.4. The summed E-state index contributed by atoms with van der Waals surface area (Å²) < 4.78 is 26.6. The number of nitrogens with one attached hydrogen (secondary N) is 1. The molecule has 0 saturated carbocycles. The number of hydrogen-bond acceptors (Lipinski definition) is 6. The van der Waals surface area contributed by atoms with Crippen LogP contribution in [0.1, 0.15) is 30.4 Å². The number of carbonyl (C=O) groups excluding carboxylic acids is 1. The summed E-state index contributed by atoms with van der Waals surface area (Å²) in [5, 5.41) is 3.75. The van der Waals surface area contributed by atoms with Crippen molar-refractivity contribution in [2.75, 3.05) is 30.3 Å². The van der Waals surface area contributed by atoms with Crippen molar-refractivity contribution in [3.8, 4) is 5.69 Å². The molecule has 2 unspecified atom stereocenters. The molecule has 0 bridgehead atoms. The van der Waals surface area contributed by atoms with Gasteiger partial charge in [-0.3, -0.25) is 14.3 Å². The van der Waals surface area contributed by atoms with Crippen LogP contribution in [0.5, 0.6) is 0 Å². The number of imidazole rings is 1. The first-order valence-corrected chi connectivity index (χ1v) is 13.6. The first-order chi connectivity index (χ1) is 14.8. The minimum atomic E-state index is -3.13. The van der Waals surface area contributed by atoms with Gasteiger partial charge in [0.1, 0.15) is 0 Å². The minimum Gasteiger partial charge on any atom is -0.350 e. The van der Waals surface area contributed by atoms with E-state index >= 15 is 0 Å². The number of sulfone groups is 1. The molecule has 9 heteroatoms. The standard InChI is InChI=1S/C22H30N4O3S2/c1-16-7-6-8-19(17(16)2)26-12-9-23-22(26)30-13-21(27)24-18-14-31(28,29)15-20(18)25-10-4-3-5-11-25/h6-9,12,18,20H,3-5,10-11,13-15H2,1-2H3,(H,24,27). The van der Waals surface area contributed by atoms with E-state index in [2.05, 4.69) is 35.1 Å². The number of nitrogens with zero attached hydrogens (tertiary/aromatic N) is 3. The summed E-state index contributed by atoms with van der Waals surface area (Å²) in [7, 11) is -3.13. The van der Waals surface area contributed by atoms with Crippen molar-refractivity contribution < 1.29 is 13.2 Å². The lowest BCUT2D eigenvalue weighted by Crippen LogP contribution is -2.52. The number of aryl methyl sites for hydroxylation is 1. The largest absolute Gasteiger partial charge is 0.350 e. The number of carbonyl (C=O) groups is 1. The molecular weight excluding hydrogens is 432 g/mol. The molecule has 0 radical (unpaired) electrons. The smallest absolute Gasteiger partial charge is 0.230 e. The number of amides is 1. The van der Waals surface area contributed by atoms with Crippen LogP contribution in [-0.4, -0.2) is 71.2 Å². The fraction of sp³-hybridized carbons (Fsp3) is 0.545. The molecule has 31 heavy (non-hydrogen) atoms. The normalized spacial score (nSPS) is 23.7. The molecule has 2 aliphatic rings. The van der Waals surface area contributed by atoms with Crippen LogP contribution in [0.3, 0.4) is 0 Å². The molecule has 168 valence electrons. The maximum Gasteiger partial charge on any atom is 0.230 e. The molecular formula is C22H30N4O3S2. The summed E-state index contributed by atoms with van der Waals surface area (Å²) in [5.41, 5.74) is 3.42. The molecule has 1 N–H and O–H groups in total. The van der Waals surface area contributed by atoms with E-state index in [9.17, 15) is 13.2 Å². The van der Waals surface area contributed by atoms with E-state index in [1.807, 2.05) is 22.9 Å². The predicted octanol–water partition coefficient (Wildman–Crippen LogP) is 2.35. The summed E-state index contributed by atoms with van der Waals surface area (Å²) >= 11 is 1.37. The van der Waals surface area contributed by atoms with Gasteiger partial charge in [0.05, 0.1) is 29.0 Å². The Morgan fingerprint density at radius 3 is 2.74 bits per heavy atom. The summed E-state index contributed by atoms with van der Waals surface area (Å²) in [6.07, 6.45) is 7.01. The Morgan fingerprint density at radius 1 is 1.19 bits per heavy atom. The maximum atomic E-state index is 12.7. The third-order valence-electron chi connectivity index (χ3n) is 6.30. The topological polar surface area (TPSA) is 84.3 Å². The fourth-order valence-corrected chi connectivity index (χ4v) is 7.26. The number of aromatic nitrogens is 2. The quantitative estimate of drug-likeness (QED) is 0.664. The van der Waals surface area contributed by atoms with Crippen LogP contribution >= 0.6 is 11.8 Å². The van der Waals surface area contributed by atoms with Crippen LogP contribution in [0.25, 0.3) is 5.69 Å². The zero-order valence-electron chi connectivity index (χ0n) is 18.1. The maximum absolute atomic E-state index is 12.7. The number of rotatable bonds is 6. The summed E-state index contributed by atoms with van der Waals surface area (Å²) in [6.45, 7) is 5.97. The van der Waals surface area contributed by atoms with E-state index in [0.717, 1.165) is 36.8 Å². The Kier molecular flexibility index (Phi) is 6.74. The van der Waals surface area contributed by atoms with Gasteiger partial charge in [0.2, 0.25) is 5.91 Å². The van der Waals surface area contributed by atoms with E-state index < -0.39 is 9.84 Å². The van der Waals surface area contributed by atoms with Crippen molar-refractivity contribution >= 4 is 27.5 Å². The zero-order chi connectivity index (χ0) is 22.0. The van der Waals surface area contributed by atoms with E-state index in [1.165, 1.54) is 29.3 Å². The van der Waals surface area contributed by atoms with Gasteiger partial charge in [-0.15, -0.1) is 0 Å². The van der Waals surface area contributed by atoms with E-state index in [4.69, 9.17) is 0 Å². The van der Waals surface area contributed by atoms with Crippen molar-refractivity contribution in [3.05, 3.63) is 41.7 Å². The Labute approximate surface area is 188 Å². The Bertz CT molecular complexity index is 1040. The van der Waals surface area contributed by atoms with E-state index in [1.54, 1.807) is 6.20 Å². The van der Waals surface area contributed by atoms with Crippen molar-refractivity contribution in [2.24, 2.45) is 0 Å². The Balaban J connectivity index is 1.41. The van der Waals surface area contributed by atoms with Crippen LogP contribution < -0.4 is 5.32 Å². The highest BCUT2D eigenvalue weighted by molar-refractivity contribution is 7.99.